The van der Waals surface area contributed by atoms with Crippen molar-refractivity contribution < 1.29 is 30.8 Å². The summed E-state index contributed by atoms with van der Waals surface area (Å²) in [7, 11) is 0. The normalized spacial score (nSPS) is 8.29. The van der Waals surface area contributed by atoms with Gasteiger partial charge in [-0.3, -0.25) is 9.59 Å². The van der Waals surface area contributed by atoms with Gasteiger partial charge < -0.3 is 21.2 Å². The third-order valence-electron chi connectivity index (χ3n) is 0.823. The molecule has 0 amide bonds. The van der Waals surface area contributed by atoms with Gasteiger partial charge in [0.2, 0.25) is 0 Å². The van der Waals surface area contributed by atoms with Crippen molar-refractivity contribution in [3.8, 4) is 0 Å². The molecular formula is C6H14O6S2. The van der Waals surface area contributed by atoms with Crippen LogP contribution in [0.15, 0.2) is 0 Å². The van der Waals surface area contributed by atoms with Crippen molar-refractivity contribution in [2.75, 3.05) is 23.0 Å². The van der Waals surface area contributed by atoms with Gasteiger partial charge in [0.15, 0.2) is 0 Å². The van der Waals surface area contributed by atoms with Crippen LogP contribution in [0.25, 0.3) is 0 Å². The lowest BCUT2D eigenvalue weighted by Gasteiger charge is -1.96. The van der Waals surface area contributed by atoms with Gasteiger partial charge in [-0.2, -0.15) is 0 Å². The molecule has 0 bridgehead atoms. The molecule has 0 saturated carbocycles. The fraction of sp³-hybridized carbons (Fsp3) is 0.667. The summed E-state index contributed by atoms with van der Waals surface area (Å²) in [4.78, 5) is 20.0. The molecule has 0 aromatic rings. The highest BCUT2D eigenvalue weighted by atomic mass is 32.2. The first-order chi connectivity index (χ1) is 5.63. The van der Waals surface area contributed by atoms with Crippen LogP contribution in [0.4, 0.5) is 0 Å². The second-order valence-electron chi connectivity index (χ2n) is 1.89. The summed E-state index contributed by atoms with van der Waals surface area (Å²) in [6.45, 7) is 0. The van der Waals surface area contributed by atoms with Crippen LogP contribution in [0.1, 0.15) is 0 Å². The Kier molecular flexibility index (Phi) is 17.2. The lowest BCUT2D eigenvalue weighted by molar-refractivity contribution is -0.134. The maximum atomic E-state index is 10.0. The highest BCUT2D eigenvalue weighted by molar-refractivity contribution is 8.03. The molecule has 0 rings (SSSR count). The first-order valence-corrected chi connectivity index (χ1v) is 5.53. The standard InChI is InChI=1S/C6H10O4S2.2H2O/c7-5(8)3-11-1-2-12-4-6(9)10;;/h1-4H2,(H,7,8)(H,9,10);2*1H2. The molecule has 0 unspecified atom stereocenters. The molecule has 0 spiro atoms. The molecule has 0 radical (unpaired) electrons. The Labute approximate surface area is 89.7 Å². The molecular weight excluding hydrogens is 232 g/mol. The molecule has 0 aromatic carbocycles. The topological polar surface area (TPSA) is 138 Å². The first-order valence-electron chi connectivity index (χ1n) is 3.22. The zero-order valence-electron chi connectivity index (χ0n) is 7.36. The lowest BCUT2D eigenvalue weighted by atomic mass is 10.8. The van der Waals surface area contributed by atoms with Gasteiger partial charge in [0.05, 0.1) is 11.5 Å². The number of rotatable bonds is 7. The van der Waals surface area contributed by atoms with E-state index in [0.717, 1.165) is 0 Å². The number of carbonyl (C=O) groups is 2. The SMILES string of the molecule is O.O.O=C(O)CSCCSCC(=O)O. The summed E-state index contributed by atoms with van der Waals surface area (Å²) in [5.74, 6) is -0.109. The number of hydrogen-bond acceptors (Lipinski definition) is 4. The molecule has 0 aliphatic heterocycles. The predicted molar refractivity (Wildman–Crippen MR) is 57.1 cm³/mol. The van der Waals surface area contributed by atoms with Crippen LogP contribution in [-0.2, 0) is 9.59 Å². The summed E-state index contributed by atoms with van der Waals surface area (Å²) >= 11 is 2.60. The van der Waals surface area contributed by atoms with E-state index < -0.39 is 11.9 Å². The molecule has 0 aliphatic carbocycles. The summed E-state index contributed by atoms with van der Waals surface area (Å²) in [5.41, 5.74) is 0. The van der Waals surface area contributed by atoms with Gasteiger partial charge in [0.1, 0.15) is 0 Å². The summed E-state index contributed by atoms with van der Waals surface area (Å²) in [6, 6.07) is 0. The Bertz CT molecular complexity index is 144. The maximum Gasteiger partial charge on any atom is 0.313 e. The van der Waals surface area contributed by atoms with Crippen molar-refractivity contribution in [2.24, 2.45) is 0 Å². The zero-order chi connectivity index (χ0) is 9.40. The number of carboxylic acid groups (broad SMARTS) is 2. The van der Waals surface area contributed by atoms with E-state index >= 15 is 0 Å². The minimum atomic E-state index is -0.830. The van der Waals surface area contributed by atoms with Crippen molar-refractivity contribution >= 4 is 35.5 Å². The summed E-state index contributed by atoms with van der Waals surface area (Å²) < 4.78 is 0. The van der Waals surface area contributed by atoms with Gasteiger partial charge >= 0.3 is 11.9 Å². The average molecular weight is 246 g/mol. The molecule has 0 aromatic heterocycles. The summed E-state index contributed by atoms with van der Waals surface area (Å²) in [5, 5.41) is 16.5. The number of carboxylic acids is 2. The third kappa shape index (κ3) is 17.6. The van der Waals surface area contributed by atoms with E-state index in [2.05, 4.69) is 0 Å². The monoisotopic (exact) mass is 246 g/mol. The fourth-order valence-electron chi connectivity index (χ4n) is 0.437. The number of aliphatic carboxylic acids is 2. The predicted octanol–water partition coefficient (Wildman–Crippen LogP) is -1.03. The van der Waals surface area contributed by atoms with Crippen LogP contribution in [0, 0.1) is 0 Å². The molecule has 0 saturated heterocycles. The van der Waals surface area contributed by atoms with Crippen molar-refractivity contribution in [3.63, 3.8) is 0 Å². The Morgan fingerprint density at radius 1 is 0.857 bits per heavy atom. The van der Waals surface area contributed by atoms with Crippen LogP contribution in [0.3, 0.4) is 0 Å². The van der Waals surface area contributed by atoms with Gasteiger partial charge in [0, 0.05) is 11.5 Å². The third-order valence-corrected chi connectivity index (χ3v) is 2.97. The van der Waals surface area contributed by atoms with Gasteiger partial charge in [-0.25, -0.2) is 0 Å². The second kappa shape index (κ2) is 12.6. The van der Waals surface area contributed by atoms with Crippen LogP contribution in [-0.4, -0.2) is 56.1 Å². The number of thioether (sulfide) groups is 2. The smallest absolute Gasteiger partial charge is 0.313 e. The highest BCUT2D eigenvalue weighted by Crippen LogP contribution is 2.06. The van der Waals surface area contributed by atoms with Gasteiger partial charge in [-0.15, -0.1) is 23.5 Å². The zero-order valence-corrected chi connectivity index (χ0v) is 8.99. The van der Waals surface area contributed by atoms with E-state index in [1.54, 1.807) is 0 Å². The quantitative estimate of drug-likeness (QED) is 0.551. The highest BCUT2D eigenvalue weighted by Gasteiger charge is 1.98. The Morgan fingerprint density at radius 2 is 1.14 bits per heavy atom. The fourth-order valence-corrected chi connectivity index (χ4v) is 2.02. The maximum absolute atomic E-state index is 10.0. The van der Waals surface area contributed by atoms with E-state index in [4.69, 9.17) is 10.2 Å². The molecule has 0 aliphatic rings. The molecule has 86 valence electrons. The Morgan fingerprint density at radius 3 is 1.36 bits per heavy atom. The van der Waals surface area contributed by atoms with Crippen molar-refractivity contribution in [2.45, 2.75) is 0 Å². The molecule has 6 nitrogen and oxygen atoms in total. The largest absolute Gasteiger partial charge is 0.481 e. The molecule has 0 atom stereocenters. The van der Waals surface area contributed by atoms with Crippen LogP contribution in [0.5, 0.6) is 0 Å². The van der Waals surface area contributed by atoms with E-state index in [1.807, 2.05) is 0 Å². The second-order valence-corrected chi connectivity index (χ2v) is 4.10. The van der Waals surface area contributed by atoms with Gasteiger partial charge in [0.25, 0.3) is 0 Å². The molecule has 0 heterocycles. The van der Waals surface area contributed by atoms with Crippen molar-refractivity contribution in [1.82, 2.24) is 0 Å². The minimum Gasteiger partial charge on any atom is -0.481 e. The average Bonchev–Trinajstić information content (AvgIpc) is 1.95. The molecule has 14 heavy (non-hydrogen) atoms. The summed E-state index contributed by atoms with van der Waals surface area (Å²) in [6.07, 6.45) is 0. The van der Waals surface area contributed by atoms with Crippen LogP contribution in [0.2, 0.25) is 0 Å². The Hall–Kier alpha value is -0.440. The van der Waals surface area contributed by atoms with Crippen molar-refractivity contribution in [1.29, 1.82) is 0 Å². The molecule has 0 fully saturated rings. The van der Waals surface area contributed by atoms with Crippen LogP contribution < -0.4 is 0 Å². The number of hydrogen-bond donors (Lipinski definition) is 2. The van der Waals surface area contributed by atoms with Gasteiger partial charge in [-0.05, 0) is 0 Å². The lowest BCUT2D eigenvalue weighted by Crippen LogP contribution is -2.02. The van der Waals surface area contributed by atoms with E-state index in [9.17, 15) is 9.59 Å². The van der Waals surface area contributed by atoms with Crippen molar-refractivity contribution in [3.05, 3.63) is 0 Å². The first kappa shape index (κ1) is 19.2. The molecule has 6 N–H and O–H groups in total. The van der Waals surface area contributed by atoms with E-state index in [1.165, 1.54) is 23.5 Å². The minimum absolute atomic E-state index is 0. The molecule has 8 heteroatoms. The van der Waals surface area contributed by atoms with Gasteiger partial charge in [-0.1, -0.05) is 0 Å². The van der Waals surface area contributed by atoms with Crippen LogP contribution >= 0.6 is 23.5 Å². The Balaban J connectivity index is -0.000000605. The van der Waals surface area contributed by atoms with E-state index in [-0.39, 0.29) is 22.5 Å². The van der Waals surface area contributed by atoms with E-state index in [0.29, 0.717) is 11.5 Å².